The molecule has 140 valence electrons. The molecule has 1 aliphatic rings. The minimum absolute atomic E-state index is 0.0366. The molecule has 1 aromatic heterocycles. The maximum absolute atomic E-state index is 13.4. The summed E-state index contributed by atoms with van der Waals surface area (Å²) in [6, 6.07) is 4.72. The fourth-order valence-electron chi connectivity index (χ4n) is 3.47. The molecular weight excluding hydrogens is 337 g/mol. The number of rotatable bonds is 6. The van der Waals surface area contributed by atoms with Gasteiger partial charge in [0.05, 0.1) is 6.04 Å². The molecule has 1 fully saturated rings. The van der Waals surface area contributed by atoms with Gasteiger partial charge in [-0.25, -0.2) is 4.39 Å². The van der Waals surface area contributed by atoms with Crippen molar-refractivity contribution in [2.75, 3.05) is 13.1 Å². The van der Waals surface area contributed by atoms with Gasteiger partial charge in [0.1, 0.15) is 5.82 Å². The predicted octanol–water partition coefficient (Wildman–Crippen LogP) is 3.82. The number of benzene rings is 1. The minimum atomic E-state index is -0.744. The Balaban J connectivity index is 1.68. The molecule has 3 rings (SSSR count). The van der Waals surface area contributed by atoms with Gasteiger partial charge in [0.25, 0.3) is 0 Å². The highest BCUT2D eigenvalue weighted by atomic mass is 19.1. The van der Waals surface area contributed by atoms with E-state index in [2.05, 4.69) is 15.0 Å². The van der Waals surface area contributed by atoms with Crippen molar-refractivity contribution in [3.8, 4) is 11.4 Å². The van der Waals surface area contributed by atoms with E-state index in [9.17, 15) is 9.18 Å². The Bertz CT molecular complexity index is 777. The van der Waals surface area contributed by atoms with Crippen LogP contribution in [0.15, 0.2) is 22.7 Å². The number of halogens is 1. The van der Waals surface area contributed by atoms with Crippen LogP contribution in [0.1, 0.15) is 50.1 Å². The lowest BCUT2D eigenvalue weighted by molar-refractivity contribution is -0.137. The van der Waals surface area contributed by atoms with Gasteiger partial charge in [-0.15, -0.1) is 0 Å². The molecule has 1 saturated heterocycles. The quantitative estimate of drug-likeness (QED) is 0.842. The molecule has 2 unspecified atom stereocenters. The summed E-state index contributed by atoms with van der Waals surface area (Å²) in [7, 11) is 0. The molecule has 26 heavy (non-hydrogen) atoms. The number of likely N-dealkylation sites (tertiary alicyclic amines) is 1. The number of piperidine rings is 1. The number of carboxylic acids is 1. The molecule has 2 atom stereocenters. The SMILES string of the molecule is Cc1cc(-c2noc(C(C)N3CCCC(CCC(=O)O)C3)n2)ccc1F. The fraction of sp³-hybridized carbons (Fsp3) is 0.526. The third-order valence-corrected chi connectivity index (χ3v) is 5.08. The van der Waals surface area contributed by atoms with Crippen LogP contribution in [0.5, 0.6) is 0 Å². The van der Waals surface area contributed by atoms with Gasteiger partial charge in [-0.1, -0.05) is 5.16 Å². The second-order valence-corrected chi connectivity index (χ2v) is 7.03. The minimum Gasteiger partial charge on any atom is -0.481 e. The summed E-state index contributed by atoms with van der Waals surface area (Å²) in [5, 5.41) is 12.9. The summed E-state index contributed by atoms with van der Waals surface area (Å²) in [6.45, 7) is 5.49. The van der Waals surface area contributed by atoms with Crippen LogP contribution in [-0.2, 0) is 4.79 Å². The zero-order valence-electron chi connectivity index (χ0n) is 15.1. The molecule has 2 heterocycles. The van der Waals surface area contributed by atoms with Gasteiger partial charge in [0.2, 0.25) is 11.7 Å². The lowest BCUT2D eigenvalue weighted by Crippen LogP contribution is -2.37. The summed E-state index contributed by atoms with van der Waals surface area (Å²) in [5.41, 5.74) is 1.27. The Morgan fingerprint density at radius 1 is 1.50 bits per heavy atom. The number of carbonyl (C=O) groups is 1. The van der Waals surface area contributed by atoms with Gasteiger partial charge in [0, 0.05) is 18.5 Å². The number of hydrogen-bond donors (Lipinski definition) is 1. The summed E-state index contributed by atoms with van der Waals surface area (Å²) in [5.74, 6) is 0.359. The molecule has 1 N–H and O–H groups in total. The second kappa shape index (κ2) is 7.95. The number of nitrogens with zero attached hydrogens (tertiary/aromatic N) is 3. The fourth-order valence-corrected chi connectivity index (χ4v) is 3.47. The average Bonchev–Trinajstić information content (AvgIpc) is 3.12. The number of aliphatic carboxylic acids is 1. The van der Waals surface area contributed by atoms with Gasteiger partial charge in [-0.2, -0.15) is 4.98 Å². The van der Waals surface area contributed by atoms with E-state index in [4.69, 9.17) is 9.63 Å². The number of hydrogen-bond acceptors (Lipinski definition) is 5. The van der Waals surface area contributed by atoms with Crippen molar-refractivity contribution in [1.82, 2.24) is 15.0 Å². The largest absolute Gasteiger partial charge is 0.481 e. The second-order valence-electron chi connectivity index (χ2n) is 7.03. The Kier molecular flexibility index (Phi) is 5.66. The maximum atomic E-state index is 13.4. The Morgan fingerprint density at radius 3 is 3.04 bits per heavy atom. The van der Waals surface area contributed by atoms with Crippen molar-refractivity contribution in [3.63, 3.8) is 0 Å². The Hall–Kier alpha value is -2.28. The average molecular weight is 361 g/mol. The van der Waals surface area contributed by atoms with Gasteiger partial charge in [-0.05, 0) is 69.3 Å². The van der Waals surface area contributed by atoms with Crippen molar-refractivity contribution in [1.29, 1.82) is 0 Å². The third-order valence-electron chi connectivity index (χ3n) is 5.08. The third kappa shape index (κ3) is 4.27. The highest BCUT2D eigenvalue weighted by Gasteiger charge is 2.28. The first-order valence-electron chi connectivity index (χ1n) is 9.00. The van der Waals surface area contributed by atoms with Gasteiger partial charge >= 0.3 is 5.97 Å². The van der Waals surface area contributed by atoms with E-state index >= 15 is 0 Å². The van der Waals surface area contributed by atoms with Crippen molar-refractivity contribution in [3.05, 3.63) is 35.5 Å². The van der Waals surface area contributed by atoms with Crippen LogP contribution in [0.4, 0.5) is 4.39 Å². The monoisotopic (exact) mass is 361 g/mol. The molecule has 7 heteroatoms. The molecule has 0 radical (unpaired) electrons. The van der Waals surface area contributed by atoms with Crippen LogP contribution in [0, 0.1) is 18.7 Å². The van der Waals surface area contributed by atoms with Crippen molar-refractivity contribution < 1.29 is 18.8 Å². The molecule has 6 nitrogen and oxygen atoms in total. The normalized spacial score (nSPS) is 19.4. The number of aromatic nitrogens is 2. The van der Waals surface area contributed by atoms with Crippen molar-refractivity contribution in [2.24, 2.45) is 5.92 Å². The molecule has 0 amide bonds. The van der Waals surface area contributed by atoms with E-state index in [1.54, 1.807) is 19.1 Å². The van der Waals surface area contributed by atoms with Crippen molar-refractivity contribution in [2.45, 2.75) is 45.6 Å². The van der Waals surface area contributed by atoms with Crippen LogP contribution < -0.4 is 0 Å². The Labute approximate surface area is 152 Å². The van der Waals surface area contributed by atoms with Crippen LogP contribution in [0.2, 0.25) is 0 Å². The topological polar surface area (TPSA) is 79.5 Å². The first-order valence-corrected chi connectivity index (χ1v) is 9.00. The van der Waals surface area contributed by atoms with E-state index in [1.807, 2.05) is 6.92 Å². The number of carboxylic acid groups (broad SMARTS) is 1. The van der Waals surface area contributed by atoms with Crippen LogP contribution in [0.3, 0.4) is 0 Å². The molecule has 1 aromatic carbocycles. The molecular formula is C19H24FN3O3. The van der Waals surface area contributed by atoms with Crippen LogP contribution >= 0.6 is 0 Å². The van der Waals surface area contributed by atoms with E-state index in [0.29, 0.717) is 29.6 Å². The van der Waals surface area contributed by atoms with Crippen LogP contribution in [-0.4, -0.2) is 39.2 Å². The standard InChI is InChI=1S/C19H24FN3O3/c1-12-10-15(6-7-16(12)20)18-21-19(26-22-18)13(2)23-9-3-4-14(11-23)5-8-17(24)25/h6-7,10,13-14H,3-5,8-9,11H2,1-2H3,(H,24,25). The van der Waals surface area contributed by atoms with Crippen molar-refractivity contribution >= 4 is 5.97 Å². The zero-order chi connectivity index (χ0) is 18.7. The smallest absolute Gasteiger partial charge is 0.303 e. The summed E-state index contributed by atoms with van der Waals surface area (Å²) in [6.07, 6.45) is 3.00. The highest BCUT2D eigenvalue weighted by molar-refractivity contribution is 5.66. The van der Waals surface area contributed by atoms with E-state index in [-0.39, 0.29) is 18.3 Å². The molecule has 0 saturated carbocycles. The summed E-state index contributed by atoms with van der Waals surface area (Å²) in [4.78, 5) is 17.5. The Morgan fingerprint density at radius 2 is 2.31 bits per heavy atom. The lowest BCUT2D eigenvalue weighted by Gasteiger charge is -2.35. The zero-order valence-corrected chi connectivity index (χ0v) is 15.1. The first kappa shape index (κ1) is 18.5. The molecule has 0 spiro atoms. The summed E-state index contributed by atoms with van der Waals surface area (Å²) >= 11 is 0. The molecule has 2 aromatic rings. The van der Waals surface area contributed by atoms with Gasteiger partial charge in [-0.3, -0.25) is 9.69 Å². The van der Waals surface area contributed by atoms with E-state index in [0.717, 1.165) is 31.5 Å². The maximum Gasteiger partial charge on any atom is 0.303 e. The van der Waals surface area contributed by atoms with Crippen LogP contribution in [0.25, 0.3) is 11.4 Å². The molecule has 0 aliphatic carbocycles. The van der Waals surface area contributed by atoms with Gasteiger partial charge < -0.3 is 9.63 Å². The van der Waals surface area contributed by atoms with Gasteiger partial charge in [0.15, 0.2) is 0 Å². The first-order chi connectivity index (χ1) is 12.4. The highest BCUT2D eigenvalue weighted by Crippen LogP contribution is 2.29. The summed E-state index contributed by atoms with van der Waals surface area (Å²) < 4.78 is 18.9. The number of aryl methyl sites for hydroxylation is 1. The lowest BCUT2D eigenvalue weighted by atomic mass is 9.92. The van der Waals surface area contributed by atoms with E-state index in [1.165, 1.54) is 6.07 Å². The molecule has 0 bridgehead atoms. The molecule has 1 aliphatic heterocycles. The predicted molar refractivity (Wildman–Crippen MR) is 94.0 cm³/mol. The van der Waals surface area contributed by atoms with E-state index < -0.39 is 5.97 Å².